The van der Waals surface area contributed by atoms with Crippen LogP contribution in [0.1, 0.15) is 36.5 Å². The largest absolute Gasteiger partial charge is 0.390 e. The minimum absolute atomic E-state index is 0.420. The molecule has 1 aromatic rings. The third kappa shape index (κ3) is 2.07. The molecular formula is C14H20O. The molecule has 2 rings (SSSR count). The fraction of sp³-hybridized carbons (Fsp3) is 0.571. The van der Waals surface area contributed by atoms with Gasteiger partial charge in [0.05, 0.1) is 5.60 Å². The van der Waals surface area contributed by atoms with Crippen LogP contribution in [0.3, 0.4) is 0 Å². The number of aliphatic hydroxyl groups is 1. The summed E-state index contributed by atoms with van der Waals surface area (Å²) in [6.45, 7) is 6.47. The summed E-state index contributed by atoms with van der Waals surface area (Å²) < 4.78 is 0. The van der Waals surface area contributed by atoms with Gasteiger partial charge in [0, 0.05) is 6.42 Å². The first-order valence-electron chi connectivity index (χ1n) is 5.78. The molecule has 0 spiro atoms. The highest BCUT2D eigenvalue weighted by molar-refractivity contribution is 5.35. The summed E-state index contributed by atoms with van der Waals surface area (Å²) in [6.07, 6.45) is 2.75. The second kappa shape index (κ2) is 3.64. The summed E-state index contributed by atoms with van der Waals surface area (Å²) in [5.41, 5.74) is 3.54. The Hall–Kier alpha value is -0.820. The third-order valence-corrected chi connectivity index (χ3v) is 3.61. The average molecular weight is 204 g/mol. The summed E-state index contributed by atoms with van der Waals surface area (Å²) in [5, 5.41) is 10.3. The van der Waals surface area contributed by atoms with Crippen LogP contribution < -0.4 is 0 Å². The number of hydrogen-bond acceptors (Lipinski definition) is 1. The first-order valence-corrected chi connectivity index (χ1v) is 5.78. The highest BCUT2D eigenvalue weighted by atomic mass is 16.3. The molecule has 15 heavy (non-hydrogen) atoms. The van der Waals surface area contributed by atoms with Gasteiger partial charge in [-0.1, -0.05) is 25.1 Å². The fourth-order valence-corrected chi connectivity index (χ4v) is 2.84. The molecule has 1 aromatic carbocycles. The van der Waals surface area contributed by atoms with Crippen molar-refractivity contribution in [1.29, 1.82) is 0 Å². The van der Waals surface area contributed by atoms with E-state index in [9.17, 15) is 5.11 Å². The Morgan fingerprint density at radius 1 is 1.27 bits per heavy atom. The molecule has 0 unspecified atom stereocenters. The molecule has 1 saturated carbocycles. The molecular weight excluding hydrogens is 184 g/mol. The van der Waals surface area contributed by atoms with Crippen LogP contribution in [0.5, 0.6) is 0 Å². The molecule has 0 aromatic heterocycles. The van der Waals surface area contributed by atoms with Crippen molar-refractivity contribution in [1.82, 2.24) is 0 Å². The molecule has 0 heterocycles. The number of rotatable bonds is 2. The minimum atomic E-state index is -0.420. The summed E-state index contributed by atoms with van der Waals surface area (Å²) in [5.74, 6) is 0.694. The highest BCUT2D eigenvalue weighted by Crippen LogP contribution is 2.40. The third-order valence-electron chi connectivity index (χ3n) is 3.61. The second-order valence-electron chi connectivity index (χ2n) is 5.28. The molecule has 0 amide bonds. The zero-order chi connectivity index (χ0) is 11.1. The van der Waals surface area contributed by atoms with Crippen LogP contribution in [0.4, 0.5) is 0 Å². The van der Waals surface area contributed by atoms with Gasteiger partial charge in [0.2, 0.25) is 0 Å². The van der Waals surface area contributed by atoms with Crippen molar-refractivity contribution in [3.8, 4) is 0 Å². The second-order valence-corrected chi connectivity index (χ2v) is 5.28. The zero-order valence-electron chi connectivity index (χ0n) is 9.88. The zero-order valence-corrected chi connectivity index (χ0v) is 9.88. The van der Waals surface area contributed by atoms with Gasteiger partial charge in [-0.05, 0) is 49.3 Å². The highest BCUT2D eigenvalue weighted by Gasteiger charge is 2.40. The van der Waals surface area contributed by atoms with Crippen molar-refractivity contribution in [3.05, 3.63) is 34.9 Å². The van der Waals surface area contributed by atoms with Crippen LogP contribution in [-0.2, 0) is 6.42 Å². The fourth-order valence-electron chi connectivity index (χ4n) is 2.84. The van der Waals surface area contributed by atoms with Gasteiger partial charge in [-0.25, -0.2) is 0 Å². The first kappa shape index (κ1) is 10.7. The molecule has 1 N–H and O–H groups in total. The van der Waals surface area contributed by atoms with E-state index in [4.69, 9.17) is 0 Å². The molecule has 0 atom stereocenters. The van der Waals surface area contributed by atoms with E-state index in [1.165, 1.54) is 16.7 Å². The Morgan fingerprint density at radius 2 is 1.80 bits per heavy atom. The van der Waals surface area contributed by atoms with Crippen LogP contribution in [0.25, 0.3) is 0 Å². The lowest BCUT2D eigenvalue weighted by Crippen LogP contribution is -2.44. The van der Waals surface area contributed by atoms with Gasteiger partial charge in [-0.15, -0.1) is 0 Å². The number of benzene rings is 1. The Morgan fingerprint density at radius 3 is 2.27 bits per heavy atom. The SMILES string of the molecule is Cc1cccc(C)c1CC1(O)CC(C)C1. The molecule has 1 fully saturated rings. The van der Waals surface area contributed by atoms with Crippen molar-refractivity contribution >= 4 is 0 Å². The normalized spacial score (nSPS) is 30.0. The molecule has 0 aliphatic heterocycles. The van der Waals surface area contributed by atoms with Crippen molar-refractivity contribution in [3.63, 3.8) is 0 Å². The molecule has 82 valence electrons. The van der Waals surface area contributed by atoms with Gasteiger partial charge in [0.1, 0.15) is 0 Å². The first-order chi connectivity index (χ1) is 7.00. The van der Waals surface area contributed by atoms with E-state index in [-0.39, 0.29) is 0 Å². The van der Waals surface area contributed by atoms with Gasteiger partial charge in [0.25, 0.3) is 0 Å². The molecule has 1 heteroatoms. The maximum absolute atomic E-state index is 10.3. The van der Waals surface area contributed by atoms with Gasteiger partial charge in [-0.2, -0.15) is 0 Å². The molecule has 1 nitrogen and oxygen atoms in total. The maximum Gasteiger partial charge on any atom is 0.0693 e. The average Bonchev–Trinajstić information content (AvgIpc) is 2.09. The maximum atomic E-state index is 10.3. The number of hydrogen-bond donors (Lipinski definition) is 1. The molecule has 1 aliphatic rings. The Bertz CT molecular complexity index is 341. The van der Waals surface area contributed by atoms with Gasteiger partial charge >= 0.3 is 0 Å². The number of aryl methyl sites for hydroxylation is 2. The molecule has 0 radical (unpaired) electrons. The summed E-state index contributed by atoms with van der Waals surface area (Å²) in [6, 6.07) is 6.35. The van der Waals surface area contributed by atoms with Gasteiger partial charge < -0.3 is 5.11 Å². The van der Waals surface area contributed by atoms with Gasteiger partial charge in [-0.3, -0.25) is 0 Å². The quantitative estimate of drug-likeness (QED) is 0.785. The lowest BCUT2D eigenvalue weighted by Gasteiger charge is -2.42. The Labute approximate surface area is 92.1 Å². The van der Waals surface area contributed by atoms with Crippen molar-refractivity contribution < 1.29 is 5.11 Å². The summed E-state index contributed by atoms with van der Waals surface area (Å²) in [4.78, 5) is 0. The van der Waals surface area contributed by atoms with Crippen LogP contribution in [0.2, 0.25) is 0 Å². The summed E-state index contributed by atoms with van der Waals surface area (Å²) in [7, 11) is 0. The smallest absolute Gasteiger partial charge is 0.0693 e. The van der Waals surface area contributed by atoms with E-state index in [0.717, 1.165) is 19.3 Å². The van der Waals surface area contributed by atoms with E-state index in [2.05, 4.69) is 39.0 Å². The summed E-state index contributed by atoms with van der Waals surface area (Å²) >= 11 is 0. The van der Waals surface area contributed by atoms with Crippen LogP contribution >= 0.6 is 0 Å². The van der Waals surface area contributed by atoms with Crippen molar-refractivity contribution in [2.24, 2.45) is 5.92 Å². The Balaban J connectivity index is 2.18. The lowest BCUT2D eigenvalue weighted by molar-refractivity contribution is -0.0667. The standard InChI is InChI=1S/C14H20O/c1-10-7-14(15,8-10)9-13-11(2)5-4-6-12(13)3/h4-6,10,15H,7-9H2,1-3H3. The Kier molecular flexibility index (Phi) is 2.59. The minimum Gasteiger partial charge on any atom is -0.390 e. The van der Waals surface area contributed by atoms with E-state index < -0.39 is 5.60 Å². The predicted octanol–water partition coefficient (Wildman–Crippen LogP) is 3.01. The van der Waals surface area contributed by atoms with Gasteiger partial charge in [0.15, 0.2) is 0 Å². The van der Waals surface area contributed by atoms with E-state index >= 15 is 0 Å². The van der Waals surface area contributed by atoms with Crippen LogP contribution in [0, 0.1) is 19.8 Å². The molecule has 0 saturated heterocycles. The van der Waals surface area contributed by atoms with E-state index in [1.54, 1.807) is 0 Å². The monoisotopic (exact) mass is 204 g/mol. The predicted molar refractivity (Wildman–Crippen MR) is 63.0 cm³/mol. The van der Waals surface area contributed by atoms with Crippen molar-refractivity contribution in [2.75, 3.05) is 0 Å². The molecule has 1 aliphatic carbocycles. The van der Waals surface area contributed by atoms with E-state index in [1.807, 2.05) is 0 Å². The van der Waals surface area contributed by atoms with Crippen LogP contribution in [0.15, 0.2) is 18.2 Å². The van der Waals surface area contributed by atoms with Crippen LogP contribution in [-0.4, -0.2) is 10.7 Å². The lowest BCUT2D eigenvalue weighted by atomic mass is 9.68. The molecule has 0 bridgehead atoms. The van der Waals surface area contributed by atoms with Crippen molar-refractivity contribution in [2.45, 2.75) is 45.6 Å². The topological polar surface area (TPSA) is 20.2 Å². The van der Waals surface area contributed by atoms with E-state index in [0.29, 0.717) is 5.92 Å².